The first kappa shape index (κ1) is 11.9. The monoisotopic (exact) mass is 257 g/mol. The van der Waals surface area contributed by atoms with E-state index in [1.807, 2.05) is 0 Å². The first-order valence-corrected chi connectivity index (χ1v) is 7.69. The fourth-order valence-corrected chi connectivity index (χ4v) is 4.89. The van der Waals surface area contributed by atoms with E-state index in [-0.39, 0.29) is 0 Å². The molecule has 1 aromatic rings. The van der Waals surface area contributed by atoms with Gasteiger partial charge in [-0.1, -0.05) is 30.3 Å². The van der Waals surface area contributed by atoms with Gasteiger partial charge in [0.25, 0.3) is 0 Å². The number of ether oxygens (including phenoxy) is 1. The van der Waals surface area contributed by atoms with E-state index in [9.17, 15) is 0 Å². The van der Waals surface area contributed by atoms with Gasteiger partial charge in [-0.25, -0.2) is 0 Å². The molecule has 4 rings (SSSR count). The number of hydrogen-bond acceptors (Lipinski definition) is 2. The van der Waals surface area contributed by atoms with Crippen LogP contribution in [0.2, 0.25) is 0 Å². The fourth-order valence-electron chi connectivity index (χ4n) is 4.89. The maximum absolute atomic E-state index is 6.28. The molecule has 3 aliphatic rings. The zero-order valence-electron chi connectivity index (χ0n) is 11.7. The van der Waals surface area contributed by atoms with Gasteiger partial charge in [0, 0.05) is 18.0 Å². The highest BCUT2D eigenvalue weighted by Crippen LogP contribution is 2.56. The van der Waals surface area contributed by atoms with E-state index >= 15 is 0 Å². The molecule has 4 atom stereocenters. The summed E-state index contributed by atoms with van der Waals surface area (Å²) in [5, 5.41) is 0. The van der Waals surface area contributed by atoms with Crippen LogP contribution < -0.4 is 0 Å². The van der Waals surface area contributed by atoms with Gasteiger partial charge in [-0.3, -0.25) is 4.90 Å². The molecule has 0 amide bonds. The minimum absolute atomic E-state index is 0.454. The molecule has 2 heterocycles. The standard InChI is InChI=1S/C17H23NO/c1-17-14-7-8-15(17)16(11-18(17)10-9-14)19-12-13-5-3-2-4-6-13/h2-6,14-16H,7-12H2,1H3/t14-,15+,16+,17+/m0/s1. The van der Waals surface area contributed by atoms with Crippen LogP contribution in [0.5, 0.6) is 0 Å². The van der Waals surface area contributed by atoms with E-state index in [4.69, 9.17) is 4.74 Å². The van der Waals surface area contributed by atoms with Crippen molar-refractivity contribution >= 4 is 0 Å². The second-order valence-electron chi connectivity index (χ2n) is 6.68. The molecule has 0 unspecified atom stereocenters. The molecule has 0 N–H and O–H groups in total. The van der Waals surface area contributed by atoms with Gasteiger partial charge >= 0.3 is 0 Å². The molecular formula is C17H23NO. The van der Waals surface area contributed by atoms with Crippen LogP contribution in [0.15, 0.2) is 30.3 Å². The molecule has 1 saturated carbocycles. The van der Waals surface area contributed by atoms with Crippen LogP contribution in [0.4, 0.5) is 0 Å². The van der Waals surface area contributed by atoms with Crippen molar-refractivity contribution < 1.29 is 4.74 Å². The third-order valence-corrected chi connectivity index (χ3v) is 5.99. The average molecular weight is 257 g/mol. The van der Waals surface area contributed by atoms with Gasteiger partial charge in [-0.2, -0.15) is 0 Å². The third-order valence-electron chi connectivity index (χ3n) is 5.99. The maximum Gasteiger partial charge on any atom is 0.0752 e. The van der Waals surface area contributed by atoms with Crippen molar-refractivity contribution in [3.8, 4) is 0 Å². The minimum Gasteiger partial charge on any atom is -0.372 e. The number of hydrogen-bond donors (Lipinski definition) is 0. The molecule has 0 aromatic heterocycles. The van der Waals surface area contributed by atoms with Crippen LogP contribution in [0.25, 0.3) is 0 Å². The first-order chi connectivity index (χ1) is 9.28. The summed E-state index contributed by atoms with van der Waals surface area (Å²) in [5.74, 6) is 1.70. The summed E-state index contributed by atoms with van der Waals surface area (Å²) in [6.07, 6.45) is 4.66. The Labute approximate surface area is 115 Å². The Morgan fingerprint density at radius 2 is 2.05 bits per heavy atom. The summed E-state index contributed by atoms with van der Waals surface area (Å²) >= 11 is 0. The Hall–Kier alpha value is -0.860. The first-order valence-electron chi connectivity index (χ1n) is 7.69. The number of nitrogens with zero attached hydrogens (tertiary/aromatic N) is 1. The smallest absolute Gasteiger partial charge is 0.0752 e. The van der Waals surface area contributed by atoms with Gasteiger partial charge in [-0.05, 0) is 44.2 Å². The van der Waals surface area contributed by atoms with E-state index in [1.165, 1.54) is 31.4 Å². The lowest BCUT2D eigenvalue weighted by Gasteiger charge is -2.32. The van der Waals surface area contributed by atoms with Crippen molar-refractivity contribution in [2.75, 3.05) is 13.1 Å². The molecule has 102 valence electrons. The molecule has 2 aliphatic heterocycles. The Morgan fingerprint density at radius 1 is 1.21 bits per heavy atom. The van der Waals surface area contributed by atoms with E-state index in [2.05, 4.69) is 42.2 Å². The Kier molecular flexibility index (Phi) is 2.71. The third kappa shape index (κ3) is 1.70. The second kappa shape index (κ2) is 4.32. The van der Waals surface area contributed by atoms with Crippen molar-refractivity contribution in [3.63, 3.8) is 0 Å². The van der Waals surface area contributed by atoms with Gasteiger partial charge in [-0.15, -0.1) is 0 Å². The van der Waals surface area contributed by atoms with Crippen LogP contribution in [0.3, 0.4) is 0 Å². The predicted octanol–water partition coefficient (Wildman–Crippen LogP) is 3.08. The molecule has 3 fully saturated rings. The summed E-state index contributed by atoms with van der Waals surface area (Å²) in [7, 11) is 0. The number of benzene rings is 1. The number of rotatable bonds is 3. The molecule has 2 nitrogen and oxygen atoms in total. The SMILES string of the molecule is C[C@@]12[C@H]3CC[C@@H]1[C@H](OCc1ccccc1)CN2CC3. The highest BCUT2D eigenvalue weighted by Gasteiger charge is 2.60. The average Bonchev–Trinajstić information content (AvgIpc) is 3.02. The van der Waals surface area contributed by atoms with Crippen LogP contribution in [0.1, 0.15) is 31.7 Å². The van der Waals surface area contributed by atoms with Crippen LogP contribution in [-0.4, -0.2) is 29.6 Å². The molecule has 0 bridgehead atoms. The predicted molar refractivity (Wildman–Crippen MR) is 75.8 cm³/mol. The van der Waals surface area contributed by atoms with Gasteiger partial charge in [0.05, 0.1) is 12.7 Å². The highest BCUT2D eigenvalue weighted by molar-refractivity contribution is 5.16. The lowest BCUT2D eigenvalue weighted by Crippen LogP contribution is -2.41. The van der Waals surface area contributed by atoms with Crippen LogP contribution in [0, 0.1) is 11.8 Å². The highest BCUT2D eigenvalue weighted by atomic mass is 16.5. The van der Waals surface area contributed by atoms with E-state index in [0.29, 0.717) is 11.6 Å². The molecule has 0 radical (unpaired) electrons. The van der Waals surface area contributed by atoms with E-state index in [0.717, 1.165) is 25.0 Å². The molecule has 1 aromatic carbocycles. The molecule has 0 spiro atoms. The van der Waals surface area contributed by atoms with E-state index in [1.54, 1.807) is 0 Å². The van der Waals surface area contributed by atoms with Crippen molar-refractivity contribution in [1.29, 1.82) is 0 Å². The van der Waals surface area contributed by atoms with Crippen molar-refractivity contribution in [2.45, 2.75) is 44.4 Å². The van der Waals surface area contributed by atoms with Crippen LogP contribution in [-0.2, 0) is 11.3 Å². The second-order valence-corrected chi connectivity index (χ2v) is 6.68. The van der Waals surface area contributed by atoms with Gasteiger partial charge in [0.1, 0.15) is 0 Å². The summed E-state index contributed by atoms with van der Waals surface area (Å²) in [5.41, 5.74) is 1.76. The topological polar surface area (TPSA) is 12.5 Å². The summed E-state index contributed by atoms with van der Waals surface area (Å²) in [6.45, 7) is 5.72. The quantitative estimate of drug-likeness (QED) is 0.825. The Balaban J connectivity index is 1.47. The van der Waals surface area contributed by atoms with Crippen LogP contribution >= 0.6 is 0 Å². The van der Waals surface area contributed by atoms with Crippen molar-refractivity contribution in [3.05, 3.63) is 35.9 Å². The maximum atomic E-state index is 6.28. The molecule has 2 saturated heterocycles. The molecule has 19 heavy (non-hydrogen) atoms. The Morgan fingerprint density at radius 3 is 2.89 bits per heavy atom. The normalized spacial score (nSPS) is 40.8. The fraction of sp³-hybridized carbons (Fsp3) is 0.647. The summed E-state index contributed by atoms with van der Waals surface area (Å²) in [4.78, 5) is 2.71. The zero-order valence-corrected chi connectivity index (χ0v) is 11.7. The summed E-state index contributed by atoms with van der Waals surface area (Å²) < 4.78 is 6.28. The van der Waals surface area contributed by atoms with Gasteiger partial charge < -0.3 is 4.74 Å². The molecule has 1 aliphatic carbocycles. The van der Waals surface area contributed by atoms with E-state index < -0.39 is 0 Å². The molecular weight excluding hydrogens is 234 g/mol. The molecule has 2 heteroatoms. The van der Waals surface area contributed by atoms with Crippen molar-refractivity contribution in [1.82, 2.24) is 4.90 Å². The van der Waals surface area contributed by atoms with Crippen molar-refractivity contribution in [2.24, 2.45) is 11.8 Å². The Bertz CT molecular complexity index is 460. The minimum atomic E-state index is 0.454. The van der Waals surface area contributed by atoms with Gasteiger partial charge in [0.2, 0.25) is 0 Å². The van der Waals surface area contributed by atoms with Gasteiger partial charge in [0.15, 0.2) is 0 Å². The zero-order chi connectivity index (χ0) is 12.9. The largest absolute Gasteiger partial charge is 0.372 e. The lowest BCUT2D eigenvalue weighted by molar-refractivity contribution is 0.0168. The lowest BCUT2D eigenvalue weighted by atomic mass is 9.84. The summed E-state index contributed by atoms with van der Waals surface area (Å²) in [6, 6.07) is 10.6.